The highest BCUT2D eigenvalue weighted by molar-refractivity contribution is 5.97. The maximum atomic E-state index is 12.3. The van der Waals surface area contributed by atoms with E-state index >= 15 is 0 Å². The summed E-state index contributed by atoms with van der Waals surface area (Å²) in [6.45, 7) is 16.8. The standard InChI is InChI=1S/C26H43N5O4.C2H6.H3NO/c1-7-22(32)13-16-34-26(5,6)15-17-35-25(3,4)14-12-23(33)29-18-20-8-10-21(11-9-20)24(28)31-30-19(2)27;2*1-2/h8-11H,7,12-18H2,1-6H3,(H2,27,30)(H2,28,31)(H,29,33);1-2H3;2H,1H2. The number of nitrogens with two attached hydrogens (primary N) is 3. The molecule has 0 aliphatic rings. The zero-order chi connectivity index (χ0) is 30.5. The molecule has 0 spiro atoms. The molecule has 0 bridgehead atoms. The van der Waals surface area contributed by atoms with Gasteiger partial charge in [0.05, 0.1) is 24.4 Å². The average Bonchev–Trinajstić information content (AvgIpc) is 2.91. The minimum absolute atomic E-state index is 0.0381. The van der Waals surface area contributed by atoms with Crippen LogP contribution in [-0.2, 0) is 25.6 Å². The Morgan fingerprint density at radius 1 is 0.897 bits per heavy atom. The first-order valence-corrected chi connectivity index (χ1v) is 13.4. The van der Waals surface area contributed by atoms with Crippen molar-refractivity contribution in [1.82, 2.24) is 5.32 Å². The minimum Gasteiger partial charge on any atom is -0.386 e. The maximum Gasteiger partial charge on any atom is 0.220 e. The summed E-state index contributed by atoms with van der Waals surface area (Å²) in [6, 6.07) is 7.41. The zero-order valence-electron chi connectivity index (χ0n) is 25.2. The molecule has 11 heteroatoms. The largest absolute Gasteiger partial charge is 0.386 e. The SMILES string of the molecule is CC.CCC(=O)CCOC(C)(C)CCOC(C)(C)CCC(=O)NCc1ccc(/C(N)=N/N=C(/C)N)cc1.NO. The molecule has 0 unspecified atom stereocenters. The van der Waals surface area contributed by atoms with Gasteiger partial charge in [0, 0.05) is 31.4 Å². The highest BCUT2D eigenvalue weighted by Crippen LogP contribution is 2.21. The first kappa shape index (κ1) is 38.3. The number of hydrogen-bond donors (Lipinski definition) is 5. The van der Waals surface area contributed by atoms with Crippen molar-refractivity contribution in [1.29, 1.82) is 0 Å². The summed E-state index contributed by atoms with van der Waals surface area (Å²) >= 11 is 0. The molecule has 0 atom stereocenters. The van der Waals surface area contributed by atoms with E-state index in [1.165, 1.54) is 0 Å². The molecule has 8 N–H and O–H groups in total. The first-order valence-electron chi connectivity index (χ1n) is 13.4. The van der Waals surface area contributed by atoms with Gasteiger partial charge in [-0.3, -0.25) is 9.59 Å². The number of ketones is 1. The van der Waals surface area contributed by atoms with Crippen molar-refractivity contribution in [2.24, 2.45) is 27.6 Å². The van der Waals surface area contributed by atoms with Crippen molar-refractivity contribution in [3.05, 3.63) is 35.4 Å². The number of amidine groups is 2. The number of carbonyl (C=O) groups excluding carboxylic acids is 2. The molecule has 0 aliphatic heterocycles. The molecule has 1 aromatic rings. The van der Waals surface area contributed by atoms with E-state index in [2.05, 4.69) is 21.4 Å². The molecule has 224 valence electrons. The minimum atomic E-state index is -0.436. The summed E-state index contributed by atoms with van der Waals surface area (Å²) in [5, 5.41) is 17.0. The van der Waals surface area contributed by atoms with Crippen LogP contribution in [0.15, 0.2) is 34.5 Å². The lowest BCUT2D eigenvalue weighted by Crippen LogP contribution is -2.32. The normalized spacial score (nSPS) is 12.1. The summed E-state index contributed by atoms with van der Waals surface area (Å²) in [4.78, 5) is 23.8. The molecule has 1 aromatic carbocycles. The number of carbonyl (C=O) groups is 2. The maximum absolute atomic E-state index is 12.3. The van der Waals surface area contributed by atoms with Gasteiger partial charge in [-0.2, -0.15) is 0 Å². The van der Waals surface area contributed by atoms with Crippen molar-refractivity contribution in [2.45, 2.75) is 105 Å². The van der Waals surface area contributed by atoms with Crippen molar-refractivity contribution in [3.63, 3.8) is 0 Å². The van der Waals surface area contributed by atoms with Gasteiger partial charge < -0.3 is 31.5 Å². The molecular weight excluding hydrogens is 500 g/mol. The highest BCUT2D eigenvalue weighted by Gasteiger charge is 2.23. The van der Waals surface area contributed by atoms with E-state index in [9.17, 15) is 9.59 Å². The molecule has 11 nitrogen and oxygen atoms in total. The van der Waals surface area contributed by atoms with E-state index in [0.29, 0.717) is 57.7 Å². The Labute approximate surface area is 234 Å². The number of amides is 1. The van der Waals surface area contributed by atoms with Crippen molar-refractivity contribution >= 4 is 23.4 Å². The fourth-order valence-corrected chi connectivity index (χ4v) is 3.02. The average molecular weight is 553 g/mol. The van der Waals surface area contributed by atoms with Crippen LogP contribution in [0.4, 0.5) is 0 Å². The topological polar surface area (TPSA) is 188 Å². The van der Waals surface area contributed by atoms with Crippen LogP contribution in [0.5, 0.6) is 0 Å². The molecule has 0 saturated heterocycles. The fraction of sp³-hybridized carbons (Fsp3) is 0.643. The Morgan fingerprint density at radius 3 is 1.97 bits per heavy atom. The second-order valence-corrected chi connectivity index (χ2v) is 9.81. The van der Waals surface area contributed by atoms with Crippen molar-refractivity contribution < 1.29 is 24.3 Å². The second kappa shape index (κ2) is 21.0. The summed E-state index contributed by atoms with van der Waals surface area (Å²) < 4.78 is 11.9. The number of ether oxygens (including phenoxy) is 2. The van der Waals surface area contributed by atoms with Gasteiger partial charge in [-0.15, -0.1) is 10.2 Å². The van der Waals surface area contributed by atoms with Gasteiger partial charge in [0.1, 0.15) is 11.6 Å². The number of nitrogens with zero attached hydrogens (tertiary/aromatic N) is 2. The third-order valence-electron chi connectivity index (χ3n) is 5.47. The lowest BCUT2D eigenvalue weighted by molar-refractivity contribution is -0.125. The summed E-state index contributed by atoms with van der Waals surface area (Å²) in [7, 11) is 0. The lowest BCUT2D eigenvalue weighted by atomic mass is 10.0. The van der Waals surface area contributed by atoms with Crippen LogP contribution in [0.3, 0.4) is 0 Å². The van der Waals surface area contributed by atoms with E-state index in [4.69, 9.17) is 26.1 Å². The highest BCUT2D eigenvalue weighted by atomic mass is 16.5. The van der Waals surface area contributed by atoms with Crippen LogP contribution < -0.4 is 22.7 Å². The summed E-state index contributed by atoms with van der Waals surface area (Å²) in [5.41, 5.74) is 12.2. The van der Waals surface area contributed by atoms with Crippen LogP contribution in [0, 0.1) is 0 Å². The van der Waals surface area contributed by atoms with E-state index in [0.717, 1.165) is 11.1 Å². The summed E-state index contributed by atoms with van der Waals surface area (Å²) in [6.07, 6.45) is 2.64. The number of Topliss-reactive ketones (excluding diaryl/α,β-unsaturated/α-hetero) is 1. The molecule has 0 aromatic heterocycles. The fourth-order valence-electron chi connectivity index (χ4n) is 3.02. The molecule has 0 heterocycles. The van der Waals surface area contributed by atoms with Gasteiger partial charge in [-0.1, -0.05) is 45.0 Å². The van der Waals surface area contributed by atoms with E-state index in [1.807, 2.05) is 72.7 Å². The lowest BCUT2D eigenvalue weighted by Gasteiger charge is -2.29. The quantitative estimate of drug-likeness (QED) is 0.116. The van der Waals surface area contributed by atoms with Gasteiger partial charge in [0.15, 0.2) is 5.84 Å². The molecule has 0 fully saturated rings. The zero-order valence-corrected chi connectivity index (χ0v) is 25.2. The smallest absolute Gasteiger partial charge is 0.220 e. The van der Waals surface area contributed by atoms with Gasteiger partial charge in [0.25, 0.3) is 0 Å². The molecule has 0 saturated carbocycles. The third-order valence-corrected chi connectivity index (χ3v) is 5.47. The molecular formula is C28H52N6O5. The van der Waals surface area contributed by atoms with Gasteiger partial charge in [0.2, 0.25) is 5.91 Å². The second-order valence-electron chi connectivity index (χ2n) is 9.81. The number of rotatable bonds is 16. The molecule has 1 rings (SSSR count). The predicted octanol–water partition coefficient (Wildman–Crippen LogP) is 3.79. The van der Waals surface area contributed by atoms with Crippen molar-refractivity contribution in [3.8, 4) is 0 Å². The predicted molar refractivity (Wildman–Crippen MR) is 157 cm³/mol. The molecule has 0 aliphatic carbocycles. The molecule has 1 amide bonds. The summed E-state index contributed by atoms with van der Waals surface area (Å²) in [5.74, 6) is 4.27. The van der Waals surface area contributed by atoms with Crippen LogP contribution in [0.1, 0.15) is 98.6 Å². The van der Waals surface area contributed by atoms with Crippen LogP contribution in [0.25, 0.3) is 0 Å². The molecule has 0 radical (unpaired) electrons. The van der Waals surface area contributed by atoms with Crippen molar-refractivity contribution in [2.75, 3.05) is 13.2 Å². The number of benzene rings is 1. The first-order chi connectivity index (χ1) is 18.3. The van der Waals surface area contributed by atoms with Gasteiger partial charge in [-0.25, -0.2) is 5.90 Å². The van der Waals surface area contributed by atoms with E-state index in [-0.39, 0.29) is 23.1 Å². The van der Waals surface area contributed by atoms with Crippen LogP contribution >= 0.6 is 0 Å². The third kappa shape index (κ3) is 19.8. The monoisotopic (exact) mass is 552 g/mol. The Kier molecular flexibility index (Phi) is 20.6. The molecule has 39 heavy (non-hydrogen) atoms. The Balaban J connectivity index is 0. The number of hydrogen-bond acceptors (Lipinski definition) is 8. The Hall–Kier alpha value is -2.86. The van der Waals surface area contributed by atoms with Crippen LogP contribution in [0.2, 0.25) is 0 Å². The Bertz CT molecular complexity index is 879. The van der Waals surface area contributed by atoms with Gasteiger partial charge >= 0.3 is 0 Å². The van der Waals surface area contributed by atoms with E-state index < -0.39 is 5.60 Å². The van der Waals surface area contributed by atoms with Crippen LogP contribution in [-0.4, -0.2) is 53.0 Å². The van der Waals surface area contributed by atoms with E-state index in [1.54, 1.807) is 6.92 Å². The number of nitrogens with one attached hydrogen (secondary N) is 1. The Morgan fingerprint density at radius 2 is 1.44 bits per heavy atom. The van der Waals surface area contributed by atoms with Gasteiger partial charge in [-0.05, 0) is 53.0 Å².